The Morgan fingerprint density at radius 2 is 2.33 bits per heavy atom. The minimum absolute atomic E-state index is 0.254. The van der Waals surface area contributed by atoms with Gasteiger partial charge in [0.25, 0.3) is 5.69 Å². The normalized spacial score (nSPS) is 22.5. The summed E-state index contributed by atoms with van der Waals surface area (Å²) in [5.41, 5.74) is 3.75. The molecular weight excluding hydrogens is 192 g/mol. The van der Waals surface area contributed by atoms with Crippen molar-refractivity contribution in [2.24, 2.45) is 0 Å². The van der Waals surface area contributed by atoms with Crippen molar-refractivity contribution >= 4 is 5.69 Å². The van der Waals surface area contributed by atoms with Gasteiger partial charge in [0.1, 0.15) is 0 Å². The first kappa shape index (κ1) is 8.85. The van der Waals surface area contributed by atoms with E-state index in [9.17, 15) is 10.1 Å². The molecule has 0 bridgehead atoms. The van der Waals surface area contributed by atoms with Gasteiger partial charge in [-0.3, -0.25) is 10.1 Å². The molecule has 4 heteroatoms. The molecule has 0 fully saturated rings. The number of nitro groups is 1. The molecule has 1 N–H and O–H groups in total. The number of nitro benzene ring substituents is 1. The van der Waals surface area contributed by atoms with Crippen LogP contribution in [0.2, 0.25) is 0 Å². The van der Waals surface area contributed by atoms with Crippen LogP contribution < -0.4 is 5.32 Å². The minimum Gasteiger partial charge on any atom is -0.306 e. The molecule has 0 spiro atoms. The van der Waals surface area contributed by atoms with E-state index in [1.807, 2.05) is 6.07 Å². The lowest BCUT2D eigenvalue weighted by Gasteiger charge is -2.21. The zero-order valence-corrected chi connectivity index (χ0v) is 8.32. The summed E-state index contributed by atoms with van der Waals surface area (Å²) in [6.45, 7) is 0.866. The molecule has 2 aliphatic rings. The number of hydrogen-bond donors (Lipinski definition) is 1. The van der Waals surface area contributed by atoms with Crippen molar-refractivity contribution in [1.82, 2.24) is 5.32 Å². The summed E-state index contributed by atoms with van der Waals surface area (Å²) in [5, 5.41) is 14.3. The Morgan fingerprint density at radius 1 is 1.47 bits per heavy atom. The highest BCUT2D eigenvalue weighted by molar-refractivity contribution is 5.53. The first-order valence-corrected chi connectivity index (χ1v) is 5.30. The van der Waals surface area contributed by atoms with E-state index in [1.165, 1.54) is 11.1 Å². The Balaban J connectivity index is 2.23. The van der Waals surface area contributed by atoms with Gasteiger partial charge in [-0.15, -0.1) is 0 Å². The van der Waals surface area contributed by atoms with Crippen LogP contribution >= 0.6 is 0 Å². The van der Waals surface area contributed by atoms with E-state index in [2.05, 4.69) is 5.32 Å². The van der Waals surface area contributed by atoms with Gasteiger partial charge in [-0.05, 0) is 30.4 Å². The Bertz CT molecular complexity index is 442. The molecule has 0 saturated carbocycles. The number of benzene rings is 1. The van der Waals surface area contributed by atoms with E-state index < -0.39 is 0 Å². The smallest absolute Gasteiger partial charge is 0.272 e. The predicted octanol–water partition coefficient (Wildman–Crippen LogP) is 2.08. The van der Waals surface area contributed by atoms with Gasteiger partial charge >= 0.3 is 0 Å². The maximum atomic E-state index is 10.9. The largest absolute Gasteiger partial charge is 0.306 e. The lowest BCUT2D eigenvalue weighted by molar-refractivity contribution is -0.385. The fraction of sp³-hybridized carbons (Fsp3) is 0.455. The van der Waals surface area contributed by atoms with Gasteiger partial charge < -0.3 is 5.32 Å². The fourth-order valence-corrected chi connectivity index (χ4v) is 2.79. The second kappa shape index (κ2) is 3.03. The summed E-state index contributed by atoms with van der Waals surface area (Å²) in [6, 6.07) is 3.92. The van der Waals surface area contributed by atoms with Crippen LogP contribution in [0.4, 0.5) is 5.69 Å². The van der Waals surface area contributed by atoms with Gasteiger partial charge in [-0.25, -0.2) is 0 Å². The quantitative estimate of drug-likeness (QED) is 0.562. The van der Waals surface area contributed by atoms with Crippen molar-refractivity contribution in [1.29, 1.82) is 0 Å². The first-order chi connectivity index (χ1) is 7.27. The zero-order chi connectivity index (χ0) is 10.4. The SMILES string of the molecule is O=[N+]([O-])c1ccc2c3c1CCCC3NC2. The van der Waals surface area contributed by atoms with Gasteiger partial charge in [-0.2, -0.15) is 0 Å². The standard InChI is InChI=1S/C11H12N2O2/c14-13(15)10-5-4-7-6-12-9-3-1-2-8(10)11(7)9/h4-5,9,12H,1-3,6H2. The molecule has 1 aromatic carbocycles. The maximum absolute atomic E-state index is 10.9. The van der Waals surface area contributed by atoms with Crippen LogP contribution in [0, 0.1) is 10.1 Å². The van der Waals surface area contributed by atoms with Gasteiger partial charge in [0.15, 0.2) is 0 Å². The molecule has 1 aliphatic heterocycles. The highest BCUT2D eigenvalue weighted by Crippen LogP contribution is 2.40. The Kier molecular flexibility index (Phi) is 1.79. The van der Waals surface area contributed by atoms with Crippen molar-refractivity contribution in [2.45, 2.75) is 31.8 Å². The molecule has 0 radical (unpaired) electrons. The summed E-state index contributed by atoms with van der Waals surface area (Å²) >= 11 is 0. The van der Waals surface area contributed by atoms with Gasteiger partial charge in [0.05, 0.1) is 4.92 Å². The van der Waals surface area contributed by atoms with Crippen LogP contribution in [-0.2, 0) is 13.0 Å². The van der Waals surface area contributed by atoms with E-state index >= 15 is 0 Å². The van der Waals surface area contributed by atoms with E-state index in [0.717, 1.165) is 31.4 Å². The first-order valence-electron chi connectivity index (χ1n) is 5.30. The van der Waals surface area contributed by atoms with Crippen LogP contribution in [0.3, 0.4) is 0 Å². The predicted molar refractivity (Wildman–Crippen MR) is 55.6 cm³/mol. The molecule has 0 aromatic heterocycles. The maximum Gasteiger partial charge on any atom is 0.272 e. The Labute approximate surface area is 87.4 Å². The summed E-state index contributed by atoms with van der Waals surface area (Å²) in [6.07, 6.45) is 3.02. The lowest BCUT2D eigenvalue weighted by atomic mass is 9.86. The van der Waals surface area contributed by atoms with Crippen molar-refractivity contribution in [3.8, 4) is 0 Å². The molecule has 1 atom stereocenters. The Morgan fingerprint density at radius 3 is 3.13 bits per heavy atom. The van der Waals surface area contributed by atoms with Crippen LogP contribution in [-0.4, -0.2) is 4.92 Å². The van der Waals surface area contributed by atoms with Crippen molar-refractivity contribution in [2.75, 3.05) is 0 Å². The average molecular weight is 204 g/mol. The molecule has 78 valence electrons. The highest BCUT2D eigenvalue weighted by Gasteiger charge is 2.32. The molecule has 3 rings (SSSR count). The molecule has 1 aliphatic carbocycles. The highest BCUT2D eigenvalue weighted by atomic mass is 16.6. The summed E-state index contributed by atoms with van der Waals surface area (Å²) < 4.78 is 0. The third-order valence-corrected chi connectivity index (χ3v) is 3.43. The summed E-state index contributed by atoms with van der Waals surface area (Å²) in [7, 11) is 0. The average Bonchev–Trinajstić information content (AvgIpc) is 2.64. The number of nitrogens with one attached hydrogen (secondary N) is 1. The van der Waals surface area contributed by atoms with Crippen molar-refractivity contribution in [3.63, 3.8) is 0 Å². The molecule has 1 aromatic rings. The van der Waals surface area contributed by atoms with Crippen LogP contribution in [0.15, 0.2) is 12.1 Å². The van der Waals surface area contributed by atoms with Gasteiger partial charge in [0, 0.05) is 24.2 Å². The summed E-state index contributed by atoms with van der Waals surface area (Å²) in [5.74, 6) is 0. The van der Waals surface area contributed by atoms with Crippen LogP contribution in [0.25, 0.3) is 0 Å². The van der Waals surface area contributed by atoms with Gasteiger partial charge in [-0.1, -0.05) is 6.07 Å². The number of rotatable bonds is 1. The number of nitrogens with zero attached hydrogens (tertiary/aromatic N) is 1. The van der Waals surface area contributed by atoms with Crippen molar-refractivity contribution < 1.29 is 4.92 Å². The number of hydrogen-bond acceptors (Lipinski definition) is 3. The van der Waals surface area contributed by atoms with E-state index in [4.69, 9.17) is 0 Å². The topological polar surface area (TPSA) is 55.2 Å². The molecule has 1 unspecified atom stereocenters. The molecule has 4 nitrogen and oxygen atoms in total. The van der Waals surface area contributed by atoms with E-state index in [-0.39, 0.29) is 4.92 Å². The van der Waals surface area contributed by atoms with Crippen LogP contribution in [0.1, 0.15) is 35.6 Å². The Hall–Kier alpha value is -1.42. The second-order valence-electron chi connectivity index (χ2n) is 4.22. The van der Waals surface area contributed by atoms with E-state index in [0.29, 0.717) is 11.7 Å². The second-order valence-corrected chi connectivity index (χ2v) is 4.22. The molecule has 15 heavy (non-hydrogen) atoms. The minimum atomic E-state index is -0.254. The third-order valence-electron chi connectivity index (χ3n) is 3.43. The monoisotopic (exact) mass is 204 g/mol. The third kappa shape index (κ3) is 1.18. The molecule has 1 heterocycles. The molecular formula is C11H12N2O2. The zero-order valence-electron chi connectivity index (χ0n) is 8.32. The van der Waals surface area contributed by atoms with Crippen molar-refractivity contribution in [3.05, 3.63) is 38.9 Å². The fourth-order valence-electron chi connectivity index (χ4n) is 2.79. The molecule has 0 saturated heterocycles. The summed E-state index contributed by atoms with van der Waals surface area (Å²) in [4.78, 5) is 10.6. The lowest BCUT2D eigenvalue weighted by Crippen LogP contribution is -2.17. The van der Waals surface area contributed by atoms with E-state index in [1.54, 1.807) is 6.07 Å². The molecule has 0 amide bonds. The van der Waals surface area contributed by atoms with Crippen LogP contribution in [0.5, 0.6) is 0 Å². The van der Waals surface area contributed by atoms with Gasteiger partial charge in [0.2, 0.25) is 0 Å².